The van der Waals surface area contributed by atoms with E-state index in [4.69, 9.17) is 17.0 Å². The Bertz CT molecular complexity index is 285. The molecule has 0 atom stereocenters. The van der Waals surface area contributed by atoms with Crippen molar-refractivity contribution in [1.82, 2.24) is 0 Å². The van der Waals surface area contributed by atoms with E-state index in [1.165, 1.54) is 6.07 Å². The van der Waals surface area contributed by atoms with Gasteiger partial charge in [-0.1, -0.05) is 18.2 Å². The topological polar surface area (TPSA) is 46.5 Å². The summed E-state index contributed by atoms with van der Waals surface area (Å²) in [5.41, 5.74) is 0.790. The predicted molar refractivity (Wildman–Crippen MR) is 44.0 cm³/mol. The first-order chi connectivity index (χ1) is 5.75. The third-order valence-electron chi connectivity index (χ3n) is 1.46. The van der Waals surface area contributed by atoms with E-state index >= 15 is 0 Å². The number of carbonyl (C=O) groups is 1. The van der Waals surface area contributed by atoms with Gasteiger partial charge in [0.2, 0.25) is 0 Å². The van der Waals surface area contributed by atoms with Crippen molar-refractivity contribution in [2.75, 3.05) is 0 Å². The summed E-state index contributed by atoms with van der Waals surface area (Å²) in [5.74, 6) is -0.973. The van der Waals surface area contributed by atoms with Crippen LogP contribution in [-0.4, -0.2) is 11.1 Å². The van der Waals surface area contributed by atoms with Crippen molar-refractivity contribution in [3.63, 3.8) is 0 Å². The summed E-state index contributed by atoms with van der Waals surface area (Å²) in [4.78, 5) is 10.6. The molecule has 0 heterocycles. The van der Waals surface area contributed by atoms with Gasteiger partial charge in [-0.15, -0.1) is 0 Å². The lowest BCUT2D eigenvalue weighted by atomic mass is 10.1. The lowest BCUT2D eigenvalue weighted by molar-refractivity contribution is 0.0694. The van der Waals surface area contributed by atoms with Gasteiger partial charge >= 0.3 is 5.97 Å². The summed E-state index contributed by atoms with van der Waals surface area (Å²) in [6.45, 7) is 0.101. The fraction of sp³-hybridized carbons (Fsp3) is 0.125. The number of hydrogen-bond acceptors (Lipinski definition) is 2. The Hall–Kier alpha value is -1.06. The summed E-state index contributed by atoms with van der Waals surface area (Å²) in [6.07, 6.45) is 0. The van der Waals surface area contributed by atoms with Crippen molar-refractivity contribution in [3.8, 4) is 0 Å². The van der Waals surface area contributed by atoms with Gasteiger partial charge < -0.3 is 5.11 Å². The summed E-state index contributed by atoms with van der Waals surface area (Å²) < 4.78 is 4.33. The maximum Gasteiger partial charge on any atom is 0.336 e. The normalized spacial score (nSPS) is 9.75. The second-order valence-corrected chi connectivity index (χ2v) is 2.43. The summed E-state index contributed by atoms with van der Waals surface area (Å²) in [5, 5.41) is 8.69. The molecule has 0 saturated carbocycles. The Morgan fingerprint density at radius 2 is 2.17 bits per heavy atom. The van der Waals surface area contributed by atoms with Crippen LogP contribution in [0.1, 0.15) is 15.9 Å². The fourth-order valence-electron chi connectivity index (χ4n) is 0.914. The zero-order chi connectivity index (χ0) is 8.97. The Balaban J connectivity index is 3.00. The van der Waals surface area contributed by atoms with Crippen molar-refractivity contribution in [2.45, 2.75) is 6.61 Å². The first-order valence-electron chi connectivity index (χ1n) is 3.30. The monoisotopic (exact) mass is 186 g/mol. The largest absolute Gasteiger partial charge is 0.478 e. The minimum Gasteiger partial charge on any atom is -0.478 e. The van der Waals surface area contributed by atoms with Gasteiger partial charge in [-0.25, -0.2) is 4.79 Å². The highest BCUT2D eigenvalue weighted by Gasteiger charge is 2.07. The van der Waals surface area contributed by atoms with E-state index in [2.05, 4.69) is 4.29 Å². The number of hydrogen-bond donors (Lipinski definition) is 1. The molecule has 1 rings (SSSR count). The fourth-order valence-corrected chi connectivity index (χ4v) is 1.03. The van der Waals surface area contributed by atoms with Gasteiger partial charge in [-0.05, 0) is 11.6 Å². The second-order valence-electron chi connectivity index (χ2n) is 2.22. The van der Waals surface area contributed by atoms with E-state index in [1.807, 2.05) is 0 Å². The highest BCUT2D eigenvalue weighted by molar-refractivity contribution is 6.07. The molecule has 0 bridgehead atoms. The lowest BCUT2D eigenvalue weighted by Crippen LogP contribution is -2.01. The quantitative estimate of drug-likeness (QED) is 0.786. The van der Waals surface area contributed by atoms with E-state index in [0.717, 1.165) is 0 Å². The minimum absolute atomic E-state index is 0.101. The van der Waals surface area contributed by atoms with Gasteiger partial charge in [0.25, 0.3) is 0 Å². The van der Waals surface area contributed by atoms with E-state index in [-0.39, 0.29) is 12.2 Å². The van der Waals surface area contributed by atoms with Gasteiger partial charge in [0.15, 0.2) is 0 Å². The Morgan fingerprint density at radius 3 is 2.75 bits per heavy atom. The van der Waals surface area contributed by atoms with Crippen LogP contribution in [0.5, 0.6) is 0 Å². The van der Waals surface area contributed by atoms with Crippen LogP contribution in [0.3, 0.4) is 0 Å². The number of benzene rings is 1. The van der Waals surface area contributed by atoms with Crippen LogP contribution in [0.4, 0.5) is 0 Å². The standard InChI is InChI=1S/C8H7ClO3/c9-12-5-6-3-1-2-4-7(6)8(10)11/h1-4H,5H2,(H,10,11). The molecule has 0 unspecified atom stereocenters. The average Bonchev–Trinajstić information content (AvgIpc) is 2.05. The smallest absolute Gasteiger partial charge is 0.336 e. The number of carboxylic acid groups (broad SMARTS) is 1. The van der Waals surface area contributed by atoms with Crippen LogP contribution < -0.4 is 0 Å². The SMILES string of the molecule is O=C(O)c1ccccc1COCl. The molecule has 0 amide bonds. The average molecular weight is 187 g/mol. The number of carboxylic acids is 1. The second kappa shape index (κ2) is 4.09. The van der Waals surface area contributed by atoms with Gasteiger partial charge in [-0.3, -0.25) is 4.29 Å². The number of rotatable bonds is 3. The molecule has 1 N–H and O–H groups in total. The lowest BCUT2D eigenvalue weighted by Gasteiger charge is -2.01. The van der Waals surface area contributed by atoms with E-state index in [9.17, 15) is 4.79 Å². The molecule has 1 aromatic rings. The highest BCUT2D eigenvalue weighted by Crippen LogP contribution is 2.10. The summed E-state index contributed by atoms with van der Waals surface area (Å²) in [6, 6.07) is 6.55. The number of halogens is 1. The van der Waals surface area contributed by atoms with E-state index < -0.39 is 5.97 Å². The Morgan fingerprint density at radius 1 is 1.50 bits per heavy atom. The van der Waals surface area contributed by atoms with Crippen molar-refractivity contribution < 1.29 is 14.2 Å². The van der Waals surface area contributed by atoms with Gasteiger partial charge in [-0.2, -0.15) is 0 Å². The predicted octanol–water partition coefficient (Wildman–Crippen LogP) is 2.06. The van der Waals surface area contributed by atoms with Crippen LogP contribution in [0.15, 0.2) is 24.3 Å². The van der Waals surface area contributed by atoms with Crippen LogP contribution in [0.2, 0.25) is 0 Å². The Labute approximate surface area is 74.7 Å². The van der Waals surface area contributed by atoms with Crippen molar-refractivity contribution >= 4 is 17.8 Å². The molecule has 0 aliphatic carbocycles. The molecule has 0 aliphatic heterocycles. The van der Waals surface area contributed by atoms with Gasteiger partial charge in [0, 0.05) is 0 Å². The third-order valence-corrected chi connectivity index (χ3v) is 1.57. The molecule has 0 aliphatic rings. The molecular formula is C8H7ClO3. The number of aromatic carboxylic acids is 1. The van der Waals surface area contributed by atoms with Crippen LogP contribution >= 0.6 is 11.9 Å². The molecule has 0 aromatic heterocycles. The molecule has 12 heavy (non-hydrogen) atoms. The summed E-state index contributed by atoms with van der Waals surface area (Å²) in [7, 11) is 0. The van der Waals surface area contributed by atoms with E-state index in [0.29, 0.717) is 5.56 Å². The minimum atomic E-state index is -0.973. The zero-order valence-corrected chi connectivity index (χ0v) is 6.91. The van der Waals surface area contributed by atoms with Crippen molar-refractivity contribution in [3.05, 3.63) is 35.4 Å². The molecule has 0 spiro atoms. The van der Waals surface area contributed by atoms with Crippen LogP contribution in [0, 0.1) is 0 Å². The first kappa shape index (κ1) is 9.03. The van der Waals surface area contributed by atoms with Crippen LogP contribution in [-0.2, 0) is 10.9 Å². The summed E-state index contributed by atoms with van der Waals surface area (Å²) >= 11 is 5.02. The first-order valence-corrected chi connectivity index (χ1v) is 3.61. The molecule has 0 fully saturated rings. The molecular weight excluding hydrogens is 180 g/mol. The maximum absolute atomic E-state index is 10.6. The molecule has 4 heteroatoms. The molecule has 0 saturated heterocycles. The van der Waals surface area contributed by atoms with Crippen molar-refractivity contribution in [1.29, 1.82) is 0 Å². The zero-order valence-electron chi connectivity index (χ0n) is 6.16. The molecule has 0 radical (unpaired) electrons. The van der Waals surface area contributed by atoms with Crippen molar-refractivity contribution in [2.24, 2.45) is 0 Å². The molecule has 64 valence electrons. The maximum atomic E-state index is 10.6. The Kier molecular flexibility index (Phi) is 3.08. The van der Waals surface area contributed by atoms with Gasteiger partial charge in [0.05, 0.1) is 24.0 Å². The van der Waals surface area contributed by atoms with Crippen LogP contribution in [0.25, 0.3) is 0 Å². The van der Waals surface area contributed by atoms with E-state index in [1.54, 1.807) is 18.2 Å². The van der Waals surface area contributed by atoms with Gasteiger partial charge in [0.1, 0.15) is 0 Å². The highest BCUT2D eigenvalue weighted by atomic mass is 35.5. The third kappa shape index (κ3) is 1.96. The molecule has 3 nitrogen and oxygen atoms in total. The molecule has 1 aromatic carbocycles.